The van der Waals surface area contributed by atoms with Gasteiger partial charge in [0.2, 0.25) is 10.0 Å². The summed E-state index contributed by atoms with van der Waals surface area (Å²) in [5.41, 5.74) is 0. The summed E-state index contributed by atoms with van der Waals surface area (Å²) in [4.78, 5) is 1.21. The molecule has 1 N–H and O–H groups in total. The van der Waals surface area contributed by atoms with Gasteiger partial charge in [-0.2, -0.15) is 11.8 Å². The van der Waals surface area contributed by atoms with E-state index >= 15 is 0 Å². The van der Waals surface area contributed by atoms with Gasteiger partial charge in [0.15, 0.2) is 0 Å². The van der Waals surface area contributed by atoms with E-state index in [4.69, 9.17) is 0 Å². The predicted molar refractivity (Wildman–Crippen MR) is 88.8 cm³/mol. The van der Waals surface area contributed by atoms with E-state index in [0.717, 1.165) is 21.5 Å². The first-order chi connectivity index (χ1) is 8.97. The Morgan fingerprint density at radius 2 is 2.00 bits per heavy atom. The molecule has 0 radical (unpaired) electrons. The molecule has 0 unspecified atom stereocenters. The standard InChI is InChI=1S/C12H20BrNO2S3/c1-10-11(9-12(13)18-10)19(15,16)14-7-5-3-4-6-8-17-2/h9,14H,3-8H2,1-2H3. The maximum atomic E-state index is 12.1. The van der Waals surface area contributed by atoms with Crippen LogP contribution in [0.3, 0.4) is 0 Å². The van der Waals surface area contributed by atoms with Crippen molar-refractivity contribution in [2.24, 2.45) is 0 Å². The Kier molecular flexibility index (Phi) is 7.98. The molecule has 0 aromatic carbocycles. The molecule has 1 rings (SSSR count). The van der Waals surface area contributed by atoms with Gasteiger partial charge in [-0.1, -0.05) is 12.8 Å². The van der Waals surface area contributed by atoms with Gasteiger partial charge in [-0.05, 0) is 53.8 Å². The third-order valence-electron chi connectivity index (χ3n) is 2.70. The maximum Gasteiger partial charge on any atom is 0.241 e. The Labute approximate surface area is 132 Å². The smallest absolute Gasteiger partial charge is 0.211 e. The maximum absolute atomic E-state index is 12.1. The third-order valence-corrected chi connectivity index (χ3v) is 6.67. The van der Waals surface area contributed by atoms with Crippen molar-refractivity contribution in [3.05, 3.63) is 14.7 Å². The van der Waals surface area contributed by atoms with Crippen molar-refractivity contribution in [3.63, 3.8) is 0 Å². The number of thiophene rings is 1. The second-order valence-electron chi connectivity index (χ2n) is 4.28. The van der Waals surface area contributed by atoms with Crippen LogP contribution in [0.1, 0.15) is 30.6 Å². The van der Waals surface area contributed by atoms with E-state index in [1.165, 1.54) is 29.9 Å². The molecule has 110 valence electrons. The van der Waals surface area contributed by atoms with Crippen molar-refractivity contribution in [1.29, 1.82) is 0 Å². The van der Waals surface area contributed by atoms with Crippen molar-refractivity contribution in [3.8, 4) is 0 Å². The number of rotatable bonds is 9. The largest absolute Gasteiger partial charge is 0.241 e. The lowest BCUT2D eigenvalue weighted by Crippen LogP contribution is -2.24. The first kappa shape index (κ1) is 17.5. The highest BCUT2D eigenvalue weighted by Crippen LogP contribution is 2.29. The summed E-state index contributed by atoms with van der Waals surface area (Å²) in [5, 5.41) is 0. The lowest BCUT2D eigenvalue weighted by atomic mass is 10.2. The van der Waals surface area contributed by atoms with Gasteiger partial charge in [-0.15, -0.1) is 11.3 Å². The minimum atomic E-state index is -3.34. The summed E-state index contributed by atoms with van der Waals surface area (Å²) in [6.07, 6.45) is 6.47. The lowest BCUT2D eigenvalue weighted by molar-refractivity contribution is 0.573. The van der Waals surface area contributed by atoms with Crippen LogP contribution in [0.2, 0.25) is 0 Å². The average Bonchev–Trinajstić information content (AvgIpc) is 2.68. The van der Waals surface area contributed by atoms with Crippen LogP contribution in [0.25, 0.3) is 0 Å². The molecule has 7 heteroatoms. The van der Waals surface area contributed by atoms with E-state index < -0.39 is 10.0 Å². The van der Waals surface area contributed by atoms with Crippen LogP contribution in [0, 0.1) is 6.92 Å². The van der Waals surface area contributed by atoms with Crippen LogP contribution in [-0.2, 0) is 10.0 Å². The van der Waals surface area contributed by atoms with Gasteiger partial charge in [0.1, 0.15) is 0 Å². The Balaban J connectivity index is 2.34. The van der Waals surface area contributed by atoms with Crippen LogP contribution >= 0.6 is 39.0 Å². The first-order valence-corrected chi connectivity index (χ1v) is 10.7. The van der Waals surface area contributed by atoms with E-state index in [2.05, 4.69) is 26.9 Å². The van der Waals surface area contributed by atoms with Crippen molar-refractivity contribution >= 4 is 49.1 Å². The van der Waals surface area contributed by atoms with Crippen LogP contribution in [-0.4, -0.2) is 27.0 Å². The number of hydrogen-bond donors (Lipinski definition) is 1. The predicted octanol–water partition coefficient (Wildman–Crippen LogP) is 4.02. The zero-order valence-electron chi connectivity index (χ0n) is 11.2. The van der Waals surface area contributed by atoms with Gasteiger partial charge in [0.05, 0.1) is 8.68 Å². The number of hydrogen-bond acceptors (Lipinski definition) is 4. The molecule has 0 bridgehead atoms. The molecule has 0 saturated heterocycles. The second kappa shape index (κ2) is 8.67. The fourth-order valence-electron chi connectivity index (χ4n) is 1.71. The Morgan fingerprint density at radius 1 is 1.32 bits per heavy atom. The van der Waals surface area contributed by atoms with Crippen LogP contribution in [0.5, 0.6) is 0 Å². The molecule has 1 heterocycles. The molecule has 1 aromatic heterocycles. The fraction of sp³-hybridized carbons (Fsp3) is 0.667. The van der Waals surface area contributed by atoms with Gasteiger partial charge < -0.3 is 0 Å². The van der Waals surface area contributed by atoms with Crippen molar-refractivity contribution in [2.75, 3.05) is 18.6 Å². The van der Waals surface area contributed by atoms with Crippen molar-refractivity contribution < 1.29 is 8.42 Å². The zero-order chi connectivity index (χ0) is 14.3. The third kappa shape index (κ3) is 6.16. The van der Waals surface area contributed by atoms with Crippen LogP contribution in [0.4, 0.5) is 0 Å². The number of halogens is 1. The summed E-state index contributed by atoms with van der Waals surface area (Å²) in [5.74, 6) is 1.19. The molecule has 0 amide bonds. The Morgan fingerprint density at radius 3 is 2.58 bits per heavy atom. The number of thioether (sulfide) groups is 1. The van der Waals surface area contributed by atoms with E-state index in [-0.39, 0.29) is 0 Å². The van der Waals surface area contributed by atoms with Crippen LogP contribution in [0.15, 0.2) is 14.7 Å². The zero-order valence-corrected chi connectivity index (χ0v) is 15.3. The molecule has 19 heavy (non-hydrogen) atoms. The number of unbranched alkanes of at least 4 members (excludes halogenated alkanes) is 3. The number of nitrogens with one attached hydrogen (secondary N) is 1. The summed E-state index contributed by atoms with van der Waals surface area (Å²) >= 11 is 6.62. The van der Waals surface area contributed by atoms with Gasteiger partial charge in [0.25, 0.3) is 0 Å². The first-order valence-electron chi connectivity index (χ1n) is 6.22. The summed E-state index contributed by atoms with van der Waals surface area (Å²) in [7, 11) is -3.34. The van der Waals surface area contributed by atoms with Gasteiger partial charge in [-0.25, -0.2) is 13.1 Å². The summed E-state index contributed by atoms with van der Waals surface area (Å²) < 4.78 is 27.7. The average molecular weight is 386 g/mol. The number of aryl methyl sites for hydroxylation is 1. The molecule has 0 atom stereocenters. The topological polar surface area (TPSA) is 46.2 Å². The molecule has 0 saturated carbocycles. The summed E-state index contributed by atoms with van der Waals surface area (Å²) in [6, 6.07) is 1.67. The molecule has 0 aliphatic heterocycles. The molecule has 0 fully saturated rings. The quantitative estimate of drug-likeness (QED) is 0.652. The van der Waals surface area contributed by atoms with Crippen LogP contribution < -0.4 is 4.72 Å². The highest BCUT2D eigenvalue weighted by molar-refractivity contribution is 9.11. The van der Waals surface area contributed by atoms with Gasteiger partial charge in [-0.3, -0.25) is 0 Å². The molecule has 1 aromatic rings. The molecule has 0 spiro atoms. The molecule has 0 aliphatic carbocycles. The summed E-state index contributed by atoms with van der Waals surface area (Å²) in [6.45, 7) is 2.35. The van der Waals surface area contributed by atoms with Crippen molar-refractivity contribution in [2.45, 2.75) is 37.5 Å². The molecule has 0 aliphatic rings. The van der Waals surface area contributed by atoms with E-state index in [1.54, 1.807) is 6.07 Å². The minimum absolute atomic E-state index is 0.395. The Bertz CT molecular complexity index is 485. The normalized spacial score (nSPS) is 11.9. The van der Waals surface area contributed by atoms with Gasteiger partial charge >= 0.3 is 0 Å². The van der Waals surface area contributed by atoms with E-state index in [0.29, 0.717) is 11.4 Å². The highest BCUT2D eigenvalue weighted by atomic mass is 79.9. The monoisotopic (exact) mass is 385 g/mol. The molecular formula is C12H20BrNO2S3. The molecular weight excluding hydrogens is 366 g/mol. The minimum Gasteiger partial charge on any atom is -0.211 e. The fourth-order valence-corrected chi connectivity index (χ4v) is 5.69. The SMILES string of the molecule is CSCCCCCCNS(=O)(=O)c1cc(Br)sc1C. The van der Waals surface area contributed by atoms with E-state index in [9.17, 15) is 8.42 Å². The highest BCUT2D eigenvalue weighted by Gasteiger charge is 2.18. The number of sulfonamides is 1. The lowest BCUT2D eigenvalue weighted by Gasteiger charge is -2.06. The molecule has 3 nitrogen and oxygen atoms in total. The van der Waals surface area contributed by atoms with Crippen molar-refractivity contribution in [1.82, 2.24) is 4.72 Å². The van der Waals surface area contributed by atoms with E-state index in [1.807, 2.05) is 18.7 Å². The van der Waals surface area contributed by atoms with Gasteiger partial charge in [0, 0.05) is 11.4 Å². The second-order valence-corrected chi connectivity index (χ2v) is 9.63. The Hall–Kier alpha value is 0.440.